The van der Waals surface area contributed by atoms with E-state index in [1.54, 1.807) is 0 Å². The molecular formula is C13H25NO2S. The maximum absolute atomic E-state index is 11.6. The molecule has 3 nitrogen and oxygen atoms in total. The van der Waals surface area contributed by atoms with Crippen LogP contribution in [0.2, 0.25) is 0 Å². The third kappa shape index (κ3) is 4.25. The lowest BCUT2D eigenvalue weighted by molar-refractivity contribution is 0.331. The summed E-state index contributed by atoms with van der Waals surface area (Å²) in [6.45, 7) is 2.24. The molecule has 3 unspecified atom stereocenters. The van der Waals surface area contributed by atoms with Crippen molar-refractivity contribution < 1.29 is 8.42 Å². The third-order valence-electron chi connectivity index (χ3n) is 4.14. The van der Waals surface area contributed by atoms with Gasteiger partial charge in [-0.2, -0.15) is 0 Å². The largest absolute Gasteiger partial charge is 0.311 e. The number of hydrogen-bond acceptors (Lipinski definition) is 3. The van der Waals surface area contributed by atoms with E-state index >= 15 is 0 Å². The molecule has 0 saturated heterocycles. The Morgan fingerprint density at radius 2 is 1.94 bits per heavy atom. The minimum absolute atomic E-state index is 0.109. The number of nitrogens with one attached hydrogen (secondary N) is 1. The second-order valence-corrected chi connectivity index (χ2v) is 8.39. The van der Waals surface area contributed by atoms with E-state index in [9.17, 15) is 8.42 Å². The smallest absolute Gasteiger partial charge is 0.150 e. The first kappa shape index (κ1) is 13.3. The summed E-state index contributed by atoms with van der Waals surface area (Å²) in [7, 11) is -2.85. The van der Waals surface area contributed by atoms with Crippen molar-refractivity contribution in [2.75, 3.05) is 6.26 Å². The topological polar surface area (TPSA) is 46.2 Å². The minimum Gasteiger partial charge on any atom is -0.311 e. The van der Waals surface area contributed by atoms with Crippen molar-refractivity contribution in [3.8, 4) is 0 Å². The number of sulfone groups is 1. The van der Waals surface area contributed by atoms with Gasteiger partial charge in [-0.1, -0.05) is 19.3 Å². The second-order valence-electron chi connectivity index (χ2n) is 6.06. The summed E-state index contributed by atoms with van der Waals surface area (Å²) in [6.07, 6.45) is 9.29. The summed E-state index contributed by atoms with van der Waals surface area (Å²) >= 11 is 0. The Kier molecular flexibility index (Phi) is 4.14. The average molecular weight is 259 g/mol. The number of hydrogen-bond donors (Lipinski definition) is 1. The Morgan fingerprint density at radius 3 is 2.53 bits per heavy atom. The van der Waals surface area contributed by atoms with E-state index in [4.69, 9.17) is 0 Å². The molecule has 100 valence electrons. The predicted octanol–water partition coefficient (Wildman–Crippen LogP) is 2.12. The summed E-state index contributed by atoms with van der Waals surface area (Å²) in [5.74, 6) is 0.937. The Bertz CT molecular complexity index is 348. The maximum Gasteiger partial charge on any atom is 0.150 e. The summed E-state index contributed by atoms with van der Waals surface area (Å²) in [4.78, 5) is 0. The molecule has 3 atom stereocenters. The lowest BCUT2D eigenvalue weighted by atomic mass is 9.94. The molecule has 0 bridgehead atoms. The van der Waals surface area contributed by atoms with Crippen molar-refractivity contribution in [3.05, 3.63) is 0 Å². The van der Waals surface area contributed by atoms with Crippen molar-refractivity contribution >= 4 is 9.84 Å². The number of rotatable bonds is 5. The molecule has 0 aromatic rings. The van der Waals surface area contributed by atoms with Gasteiger partial charge < -0.3 is 5.32 Å². The lowest BCUT2D eigenvalue weighted by Crippen LogP contribution is -2.42. The van der Waals surface area contributed by atoms with Gasteiger partial charge in [0, 0.05) is 18.3 Å². The van der Waals surface area contributed by atoms with E-state index in [2.05, 4.69) is 12.2 Å². The summed E-state index contributed by atoms with van der Waals surface area (Å²) < 4.78 is 23.2. The van der Waals surface area contributed by atoms with E-state index in [0.29, 0.717) is 12.1 Å². The highest BCUT2D eigenvalue weighted by molar-refractivity contribution is 7.91. The van der Waals surface area contributed by atoms with Crippen LogP contribution < -0.4 is 5.32 Å². The molecule has 0 spiro atoms. The minimum atomic E-state index is -2.85. The van der Waals surface area contributed by atoms with Crippen LogP contribution in [0.3, 0.4) is 0 Å². The SMILES string of the molecule is CC(CC1CC1)NC1CCCC(S(C)(=O)=O)C1. The highest BCUT2D eigenvalue weighted by Gasteiger charge is 2.30. The second kappa shape index (κ2) is 5.27. The van der Waals surface area contributed by atoms with Gasteiger partial charge in [0.25, 0.3) is 0 Å². The fourth-order valence-corrected chi connectivity index (χ4v) is 4.19. The van der Waals surface area contributed by atoms with Crippen molar-refractivity contribution in [1.82, 2.24) is 5.32 Å². The van der Waals surface area contributed by atoms with Gasteiger partial charge in [0.1, 0.15) is 9.84 Å². The molecule has 1 N–H and O–H groups in total. The average Bonchev–Trinajstić information content (AvgIpc) is 3.00. The fraction of sp³-hybridized carbons (Fsp3) is 1.00. The first-order valence-corrected chi connectivity index (χ1v) is 8.85. The van der Waals surface area contributed by atoms with Crippen LogP contribution in [0.25, 0.3) is 0 Å². The van der Waals surface area contributed by atoms with E-state index in [0.717, 1.165) is 31.6 Å². The molecule has 2 fully saturated rings. The van der Waals surface area contributed by atoms with E-state index in [1.807, 2.05) is 0 Å². The van der Waals surface area contributed by atoms with Gasteiger partial charge in [-0.15, -0.1) is 0 Å². The molecular weight excluding hydrogens is 234 g/mol. The van der Waals surface area contributed by atoms with Crippen LogP contribution in [-0.2, 0) is 9.84 Å². The van der Waals surface area contributed by atoms with Crippen molar-refractivity contribution in [2.24, 2.45) is 5.92 Å². The summed E-state index contributed by atoms with van der Waals surface area (Å²) in [6, 6.07) is 0.961. The highest BCUT2D eigenvalue weighted by atomic mass is 32.2. The Hall–Kier alpha value is -0.0900. The first-order chi connectivity index (χ1) is 7.95. The molecule has 0 amide bonds. The Morgan fingerprint density at radius 1 is 1.24 bits per heavy atom. The predicted molar refractivity (Wildman–Crippen MR) is 70.8 cm³/mol. The maximum atomic E-state index is 11.6. The normalized spacial score (nSPS) is 32.4. The quantitative estimate of drug-likeness (QED) is 0.822. The molecule has 4 heteroatoms. The molecule has 2 aliphatic rings. The molecule has 0 aromatic heterocycles. The van der Waals surface area contributed by atoms with Crippen LogP contribution in [0.5, 0.6) is 0 Å². The van der Waals surface area contributed by atoms with Crippen molar-refractivity contribution in [1.29, 1.82) is 0 Å². The lowest BCUT2D eigenvalue weighted by Gasteiger charge is -2.31. The van der Waals surface area contributed by atoms with Crippen LogP contribution in [-0.4, -0.2) is 32.0 Å². The zero-order chi connectivity index (χ0) is 12.5. The molecule has 0 aliphatic heterocycles. The Balaban J connectivity index is 1.80. The molecule has 0 radical (unpaired) electrons. The van der Waals surface area contributed by atoms with Gasteiger partial charge in [0.05, 0.1) is 5.25 Å². The highest BCUT2D eigenvalue weighted by Crippen LogP contribution is 2.34. The third-order valence-corrected chi connectivity index (χ3v) is 5.77. The van der Waals surface area contributed by atoms with Gasteiger partial charge in [0.15, 0.2) is 0 Å². The zero-order valence-electron chi connectivity index (χ0n) is 11.0. The molecule has 0 aromatic carbocycles. The summed E-state index contributed by atoms with van der Waals surface area (Å²) in [5, 5.41) is 3.52. The van der Waals surface area contributed by atoms with Crippen LogP contribution >= 0.6 is 0 Å². The van der Waals surface area contributed by atoms with Crippen molar-refractivity contribution in [2.45, 2.75) is 69.2 Å². The van der Waals surface area contributed by atoms with E-state index in [-0.39, 0.29) is 5.25 Å². The van der Waals surface area contributed by atoms with E-state index in [1.165, 1.54) is 25.5 Å². The molecule has 2 saturated carbocycles. The van der Waals surface area contributed by atoms with Gasteiger partial charge in [-0.3, -0.25) is 0 Å². The fourth-order valence-electron chi connectivity index (χ4n) is 3.01. The molecule has 0 heterocycles. The van der Waals surface area contributed by atoms with Gasteiger partial charge in [-0.05, 0) is 38.5 Å². The van der Waals surface area contributed by atoms with Crippen LogP contribution in [0.1, 0.15) is 51.9 Å². The first-order valence-electron chi connectivity index (χ1n) is 6.90. The summed E-state index contributed by atoms with van der Waals surface area (Å²) in [5.41, 5.74) is 0. The van der Waals surface area contributed by atoms with E-state index < -0.39 is 9.84 Å². The van der Waals surface area contributed by atoms with Crippen LogP contribution in [0.4, 0.5) is 0 Å². The van der Waals surface area contributed by atoms with Crippen molar-refractivity contribution in [3.63, 3.8) is 0 Å². The van der Waals surface area contributed by atoms with Gasteiger partial charge >= 0.3 is 0 Å². The Labute approximate surface area is 105 Å². The monoisotopic (exact) mass is 259 g/mol. The van der Waals surface area contributed by atoms with Gasteiger partial charge in [0.2, 0.25) is 0 Å². The zero-order valence-corrected chi connectivity index (χ0v) is 11.8. The molecule has 2 aliphatic carbocycles. The molecule has 2 rings (SSSR count). The standard InChI is InChI=1S/C13H25NO2S/c1-10(8-11-6-7-11)14-12-4-3-5-13(9-12)17(2,15)16/h10-14H,3-9H2,1-2H3. The van der Waals surface area contributed by atoms with Crippen LogP contribution in [0.15, 0.2) is 0 Å². The van der Waals surface area contributed by atoms with Gasteiger partial charge in [-0.25, -0.2) is 8.42 Å². The van der Waals surface area contributed by atoms with Crippen LogP contribution in [0, 0.1) is 5.92 Å². The molecule has 17 heavy (non-hydrogen) atoms.